The van der Waals surface area contributed by atoms with Crippen molar-refractivity contribution in [2.45, 2.75) is 51.4 Å². The quantitative estimate of drug-likeness (QED) is 0.0269. The predicted molar refractivity (Wildman–Crippen MR) is 172 cm³/mol. The summed E-state index contributed by atoms with van der Waals surface area (Å²) in [4.78, 5) is 58.5. The van der Waals surface area contributed by atoms with Crippen LogP contribution < -0.4 is 19.1 Å². The van der Waals surface area contributed by atoms with Crippen LogP contribution in [0, 0.1) is 11.8 Å². The van der Waals surface area contributed by atoms with Gasteiger partial charge in [0.2, 0.25) is 0 Å². The fourth-order valence-electron chi connectivity index (χ4n) is 5.04. The highest BCUT2D eigenvalue weighted by molar-refractivity contribution is 5.91. The minimum Gasteiger partial charge on any atom is -0.494 e. The molecule has 0 atom stereocenters. The van der Waals surface area contributed by atoms with Gasteiger partial charge in [-0.2, -0.15) is 4.89 Å². The summed E-state index contributed by atoms with van der Waals surface area (Å²) in [5, 5.41) is 0. The lowest BCUT2D eigenvalue weighted by atomic mass is 9.82. The molecule has 10 nitrogen and oxygen atoms in total. The zero-order valence-electron chi connectivity index (χ0n) is 26.3. The molecule has 0 aromatic heterocycles. The molecule has 0 saturated heterocycles. The standard InChI is InChI=1S/C37H40O10/c1-2-35(39)43-23-9-4-3-8-22-42-31-16-18-32(19-17-31)45-37(41)29-14-12-27(13-15-29)26-44-47-34-21-20-33(24-30(34)25-38)46-36(40)28-10-6-5-7-11-28/h2,5-7,10-11,16-21,24-25,27,29H,1,3-4,8-9,12-15,22-23,26H2. The summed E-state index contributed by atoms with van der Waals surface area (Å²) in [6.07, 6.45) is 8.25. The highest BCUT2D eigenvalue weighted by Gasteiger charge is 2.28. The summed E-state index contributed by atoms with van der Waals surface area (Å²) in [6, 6.07) is 20.0. The van der Waals surface area contributed by atoms with E-state index < -0.39 is 11.9 Å². The molecule has 3 aromatic carbocycles. The van der Waals surface area contributed by atoms with Crippen LogP contribution in [0.2, 0.25) is 0 Å². The van der Waals surface area contributed by atoms with Crippen molar-refractivity contribution >= 4 is 24.2 Å². The third-order valence-corrected chi connectivity index (χ3v) is 7.72. The molecule has 1 fully saturated rings. The Morgan fingerprint density at radius 3 is 2.15 bits per heavy atom. The van der Waals surface area contributed by atoms with Crippen LogP contribution >= 0.6 is 0 Å². The fraction of sp³-hybridized carbons (Fsp3) is 0.351. The van der Waals surface area contributed by atoms with Crippen molar-refractivity contribution in [3.63, 3.8) is 0 Å². The first-order valence-electron chi connectivity index (χ1n) is 15.8. The maximum atomic E-state index is 12.8. The Kier molecular flexibility index (Phi) is 14.0. The van der Waals surface area contributed by atoms with Crippen LogP contribution in [0.3, 0.4) is 0 Å². The van der Waals surface area contributed by atoms with E-state index in [1.54, 1.807) is 54.6 Å². The van der Waals surface area contributed by atoms with Crippen LogP contribution in [0.4, 0.5) is 0 Å². The summed E-state index contributed by atoms with van der Waals surface area (Å²) >= 11 is 0. The molecule has 4 rings (SSSR count). The Balaban J connectivity index is 1.10. The average Bonchev–Trinajstić information content (AvgIpc) is 3.11. The lowest BCUT2D eigenvalue weighted by Crippen LogP contribution is -2.27. The van der Waals surface area contributed by atoms with Crippen molar-refractivity contribution < 1.29 is 47.9 Å². The summed E-state index contributed by atoms with van der Waals surface area (Å²) in [7, 11) is 0. The van der Waals surface area contributed by atoms with E-state index in [0.29, 0.717) is 56.0 Å². The van der Waals surface area contributed by atoms with Gasteiger partial charge in [0, 0.05) is 6.08 Å². The van der Waals surface area contributed by atoms with Crippen LogP contribution in [0.25, 0.3) is 0 Å². The minimum atomic E-state index is -0.530. The maximum absolute atomic E-state index is 12.8. The molecule has 1 aliphatic rings. The van der Waals surface area contributed by atoms with Crippen LogP contribution in [0.1, 0.15) is 72.1 Å². The Labute approximate surface area is 274 Å². The number of carbonyl (C=O) groups is 4. The molecule has 47 heavy (non-hydrogen) atoms. The largest absolute Gasteiger partial charge is 0.494 e. The molecular weight excluding hydrogens is 604 g/mol. The van der Waals surface area contributed by atoms with Gasteiger partial charge in [0.25, 0.3) is 0 Å². The van der Waals surface area contributed by atoms with Crippen molar-refractivity contribution in [1.29, 1.82) is 0 Å². The van der Waals surface area contributed by atoms with E-state index in [2.05, 4.69) is 6.58 Å². The third-order valence-electron chi connectivity index (χ3n) is 7.72. The number of unbranched alkanes of at least 4 members (excludes halogenated alkanes) is 3. The number of aldehydes is 1. The van der Waals surface area contributed by atoms with E-state index in [9.17, 15) is 19.2 Å². The van der Waals surface area contributed by atoms with Crippen LogP contribution in [-0.4, -0.2) is 44.0 Å². The van der Waals surface area contributed by atoms with E-state index in [1.807, 2.05) is 0 Å². The van der Waals surface area contributed by atoms with Crippen molar-refractivity contribution in [2.75, 3.05) is 19.8 Å². The second-order valence-electron chi connectivity index (χ2n) is 11.2. The molecule has 0 radical (unpaired) electrons. The summed E-state index contributed by atoms with van der Waals surface area (Å²) < 4.78 is 21.7. The van der Waals surface area contributed by atoms with Crippen LogP contribution in [0.5, 0.6) is 23.0 Å². The molecule has 0 unspecified atom stereocenters. The molecule has 1 saturated carbocycles. The molecular formula is C37H40O10. The molecule has 1 aliphatic carbocycles. The fourth-order valence-corrected chi connectivity index (χ4v) is 5.04. The topological polar surface area (TPSA) is 124 Å². The summed E-state index contributed by atoms with van der Waals surface area (Å²) in [6.45, 7) is 4.64. The highest BCUT2D eigenvalue weighted by atomic mass is 17.2. The molecule has 0 heterocycles. The van der Waals surface area contributed by atoms with Gasteiger partial charge < -0.3 is 23.8 Å². The van der Waals surface area contributed by atoms with Gasteiger partial charge in [0.15, 0.2) is 12.0 Å². The van der Waals surface area contributed by atoms with Gasteiger partial charge in [-0.1, -0.05) is 24.8 Å². The molecule has 0 spiro atoms. The number of benzene rings is 3. The molecule has 0 aliphatic heterocycles. The Hall–Kier alpha value is -4.96. The zero-order chi connectivity index (χ0) is 33.3. The second-order valence-corrected chi connectivity index (χ2v) is 11.2. The van der Waals surface area contributed by atoms with Crippen molar-refractivity contribution in [3.05, 3.63) is 96.6 Å². The number of rotatable bonds is 18. The summed E-state index contributed by atoms with van der Waals surface area (Å²) in [5.74, 6) is 0.423. The normalized spacial score (nSPS) is 15.6. The second kappa shape index (κ2) is 18.9. The molecule has 0 N–H and O–H groups in total. The Morgan fingerprint density at radius 2 is 1.45 bits per heavy atom. The van der Waals surface area contributed by atoms with Gasteiger partial charge in [-0.15, -0.1) is 0 Å². The number of ether oxygens (including phenoxy) is 4. The molecule has 10 heteroatoms. The lowest BCUT2D eigenvalue weighted by Gasteiger charge is -2.26. The first kappa shape index (κ1) is 34.9. The van der Waals surface area contributed by atoms with Crippen molar-refractivity contribution in [2.24, 2.45) is 11.8 Å². The zero-order valence-corrected chi connectivity index (χ0v) is 26.3. The number of hydrogen-bond donors (Lipinski definition) is 0. The molecule has 248 valence electrons. The van der Waals surface area contributed by atoms with Crippen LogP contribution in [-0.2, 0) is 19.2 Å². The number of hydrogen-bond acceptors (Lipinski definition) is 10. The number of carbonyl (C=O) groups excluding carboxylic acids is 4. The highest BCUT2D eigenvalue weighted by Crippen LogP contribution is 2.31. The Morgan fingerprint density at radius 1 is 0.766 bits per heavy atom. The van der Waals surface area contributed by atoms with E-state index in [4.69, 9.17) is 28.7 Å². The van der Waals surface area contributed by atoms with E-state index >= 15 is 0 Å². The SMILES string of the molecule is C=CC(=O)OCCCCCCOc1ccc(OC(=O)C2CCC(COOc3ccc(OC(=O)c4ccccc4)cc3C=O)CC2)cc1. The third kappa shape index (κ3) is 11.7. The van der Waals surface area contributed by atoms with Crippen LogP contribution in [0.15, 0.2) is 85.5 Å². The van der Waals surface area contributed by atoms with Gasteiger partial charge in [0.05, 0.1) is 36.9 Å². The molecule has 0 amide bonds. The minimum absolute atomic E-state index is 0.187. The Bertz CT molecular complexity index is 1460. The van der Waals surface area contributed by atoms with E-state index in [1.165, 1.54) is 18.2 Å². The van der Waals surface area contributed by atoms with E-state index in [-0.39, 0.29) is 34.9 Å². The van der Waals surface area contributed by atoms with Crippen molar-refractivity contribution in [1.82, 2.24) is 0 Å². The average molecular weight is 645 g/mol. The maximum Gasteiger partial charge on any atom is 0.343 e. The van der Waals surface area contributed by atoms with Crippen molar-refractivity contribution in [3.8, 4) is 23.0 Å². The first-order chi connectivity index (χ1) is 22.9. The smallest absolute Gasteiger partial charge is 0.343 e. The summed E-state index contributed by atoms with van der Waals surface area (Å²) in [5.41, 5.74) is 0.584. The molecule has 0 bridgehead atoms. The van der Waals surface area contributed by atoms with Gasteiger partial charge >= 0.3 is 17.9 Å². The predicted octanol–water partition coefficient (Wildman–Crippen LogP) is 7.11. The van der Waals surface area contributed by atoms with Gasteiger partial charge in [-0.25, -0.2) is 9.59 Å². The first-order valence-corrected chi connectivity index (χ1v) is 15.8. The number of esters is 3. The van der Waals surface area contributed by atoms with Gasteiger partial charge in [-0.05, 0) is 112 Å². The molecule has 3 aromatic rings. The monoisotopic (exact) mass is 644 g/mol. The van der Waals surface area contributed by atoms with Gasteiger partial charge in [-0.3, -0.25) is 9.59 Å². The van der Waals surface area contributed by atoms with Gasteiger partial charge in [0.1, 0.15) is 17.2 Å². The van der Waals surface area contributed by atoms with E-state index in [0.717, 1.165) is 44.6 Å². The lowest BCUT2D eigenvalue weighted by molar-refractivity contribution is -0.218.